The van der Waals surface area contributed by atoms with E-state index in [9.17, 15) is 4.79 Å². The smallest absolute Gasteiger partial charge is 0.251 e. The number of amides is 1. The van der Waals surface area contributed by atoms with Gasteiger partial charge in [0.15, 0.2) is 0 Å². The quantitative estimate of drug-likeness (QED) is 0.848. The highest BCUT2D eigenvalue weighted by atomic mass is 16.5. The summed E-state index contributed by atoms with van der Waals surface area (Å²) in [6.45, 7) is 8.39. The van der Waals surface area contributed by atoms with Gasteiger partial charge in [-0.3, -0.25) is 9.69 Å². The van der Waals surface area contributed by atoms with E-state index in [1.165, 1.54) is 5.56 Å². The van der Waals surface area contributed by atoms with Crippen LogP contribution in [0, 0.1) is 0 Å². The molecule has 2 aliphatic rings. The first-order chi connectivity index (χ1) is 11.5. The maximum absolute atomic E-state index is 12.1. The number of hydrogen-bond donors (Lipinski definition) is 0. The molecule has 132 valence electrons. The summed E-state index contributed by atoms with van der Waals surface area (Å²) in [4.78, 5) is 16.5. The number of likely N-dealkylation sites (N-methyl/N-ethyl adjacent to an activating group) is 1. The summed E-state index contributed by atoms with van der Waals surface area (Å²) >= 11 is 0. The van der Waals surface area contributed by atoms with Crippen molar-refractivity contribution in [3.8, 4) is 5.75 Å². The molecule has 1 atom stereocenters. The number of likely N-dealkylation sites (tertiary alicyclic amines) is 1. The molecular formula is C19H28N2O3. The van der Waals surface area contributed by atoms with Crippen LogP contribution in [0.5, 0.6) is 5.75 Å². The fraction of sp³-hybridized carbons (Fsp3) is 0.632. The van der Waals surface area contributed by atoms with Crippen LogP contribution in [0.1, 0.15) is 32.3 Å². The van der Waals surface area contributed by atoms with Crippen molar-refractivity contribution >= 4 is 5.91 Å². The Morgan fingerprint density at radius 1 is 1.25 bits per heavy atom. The fourth-order valence-corrected chi connectivity index (χ4v) is 3.80. The van der Waals surface area contributed by atoms with Crippen LogP contribution in [0.25, 0.3) is 0 Å². The molecule has 5 nitrogen and oxygen atoms in total. The highest BCUT2D eigenvalue weighted by Crippen LogP contribution is 2.33. The molecule has 0 saturated carbocycles. The summed E-state index contributed by atoms with van der Waals surface area (Å²) < 4.78 is 11.4. The molecule has 0 unspecified atom stereocenters. The van der Waals surface area contributed by atoms with E-state index in [0.717, 1.165) is 51.3 Å². The number of methoxy groups -OCH3 is 1. The van der Waals surface area contributed by atoms with E-state index in [-0.39, 0.29) is 17.6 Å². The van der Waals surface area contributed by atoms with E-state index < -0.39 is 0 Å². The third-order valence-corrected chi connectivity index (χ3v) is 5.28. The van der Waals surface area contributed by atoms with Gasteiger partial charge in [0.1, 0.15) is 11.9 Å². The number of hydrogen-bond acceptors (Lipinski definition) is 4. The van der Waals surface area contributed by atoms with Crippen molar-refractivity contribution in [2.45, 2.75) is 44.9 Å². The Bertz CT molecular complexity index is 564. The van der Waals surface area contributed by atoms with Crippen molar-refractivity contribution < 1.29 is 14.3 Å². The van der Waals surface area contributed by atoms with E-state index in [4.69, 9.17) is 9.47 Å². The van der Waals surface area contributed by atoms with Crippen LogP contribution in [-0.2, 0) is 16.1 Å². The zero-order valence-corrected chi connectivity index (χ0v) is 15.0. The predicted octanol–water partition coefficient (Wildman–Crippen LogP) is 2.30. The largest absolute Gasteiger partial charge is 0.497 e. The zero-order chi connectivity index (χ0) is 17.2. The lowest BCUT2D eigenvalue weighted by Gasteiger charge is -2.49. The molecule has 5 heteroatoms. The molecule has 3 rings (SSSR count). The van der Waals surface area contributed by atoms with Gasteiger partial charge in [0.2, 0.25) is 0 Å². The summed E-state index contributed by atoms with van der Waals surface area (Å²) in [6.07, 6.45) is 1.65. The Morgan fingerprint density at radius 2 is 1.92 bits per heavy atom. The number of piperidine rings is 1. The second-order valence-corrected chi connectivity index (χ2v) is 6.92. The van der Waals surface area contributed by atoms with Gasteiger partial charge in [-0.1, -0.05) is 12.1 Å². The van der Waals surface area contributed by atoms with Crippen molar-refractivity contribution in [2.24, 2.45) is 0 Å². The van der Waals surface area contributed by atoms with Crippen molar-refractivity contribution in [3.63, 3.8) is 0 Å². The lowest BCUT2D eigenvalue weighted by molar-refractivity contribution is -0.189. The predicted molar refractivity (Wildman–Crippen MR) is 93.0 cm³/mol. The van der Waals surface area contributed by atoms with Gasteiger partial charge in [0.25, 0.3) is 5.91 Å². The van der Waals surface area contributed by atoms with Gasteiger partial charge in [-0.2, -0.15) is 0 Å². The first-order valence-corrected chi connectivity index (χ1v) is 8.87. The SMILES string of the molecule is CCN1CC2(CCN(Cc3ccc(OC)cc3)CC2)O[C@H](C)C1=O. The van der Waals surface area contributed by atoms with Gasteiger partial charge in [0.05, 0.1) is 12.7 Å². The molecule has 1 spiro atoms. The number of nitrogens with zero attached hydrogens (tertiary/aromatic N) is 2. The zero-order valence-electron chi connectivity index (χ0n) is 15.0. The topological polar surface area (TPSA) is 42.0 Å². The van der Waals surface area contributed by atoms with E-state index in [2.05, 4.69) is 17.0 Å². The Kier molecular flexibility index (Phi) is 5.11. The first kappa shape index (κ1) is 17.2. The van der Waals surface area contributed by atoms with E-state index in [1.54, 1.807) is 7.11 Å². The molecule has 1 aromatic rings. The standard InChI is InChI=1S/C19H28N2O3/c1-4-21-14-19(24-15(2)18(21)22)9-11-20(12-10-19)13-16-5-7-17(23-3)8-6-16/h5-8,15H,4,9-14H2,1-3H3/t15-/m1/s1. The highest BCUT2D eigenvalue weighted by molar-refractivity contribution is 5.81. The average Bonchev–Trinajstić information content (AvgIpc) is 2.61. The summed E-state index contributed by atoms with van der Waals surface area (Å²) in [5.41, 5.74) is 1.15. The molecule has 0 bridgehead atoms. The molecule has 2 aliphatic heterocycles. The summed E-state index contributed by atoms with van der Waals surface area (Å²) in [5.74, 6) is 1.02. The molecule has 24 heavy (non-hydrogen) atoms. The Morgan fingerprint density at radius 3 is 2.50 bits per heavy atom. The number of carbonyl (C=O) groups is 1. The van der Waals surface area contributed by atoms with E-state index in [1.807, 2.05) is 30.9 Å². The minimum atomic E-state index is -0.313. The van der Waals surface area contributed by atoms with Gasteiger partial charge in [0, 0.05) is 32.7 Å². The summed E-state index contributed by atoms with van der Waals surface area (Å²) in [5, 5.41) is 0. The maximum Gasteiger partial charge on any atom is 0.251 e. The average molecular weight is 332 g/mol. The van der Waals surface area contributed by atoms with Crippen molar-refractivity contribution in [3.05, 3.63) is 29.8 Å². The van der Waals surface area contributed by atoms with Crippen LogP contribution in [0.2, 0.25) is 0 Å². The Labute approximate surface area is 144 Å². The van der Waals surface area contributed by atoms with Crippen LogP contribution in [0.15, 0.2) is 24.3 Å². The molecule has 2 saturated heterocycles. The second kappa shape index (κ2) is 7.11. The summed E-state index contributed by atoms with van der Waals surface area (Å²) in [7, 11) is 1.69. The molecule has 2 heterocycles. The lowest BCUT2D eigenvalue weighted by Crippen LogP contribution is -2.61. The molecule has 1 aromatic carbocycles. The molecule has 1 amide bonds. The Balaban J connectivity index is 1.57. The monoisotopic (exact) mass is 332 g/mol. The minimum Gasteiger partial charge on any atom is -0.497 e. The Hall–Kier alpha value is -1.59. The second-order valence-electron chi connectivity index (χ2n) is 6.92. The van der Waals surface area contributed by atoms with Crippen LogP contribution in [0.3, 0.4) is 0 Å². The minimum absolute atomic E-state index is 0.129. The van der Waals surface area contributed by atoms with Gasteiger partial charge in [-0.05, 0) is 44.4 Å². The molecule has 2 fully saturated rings. The van der Waals surface area contributed by atoms with Gasteiger partial charge in [-0.25, -0.2) is 0 Å². The van der Waals surface area contributed by atoms with E-state index in [0.29, 0.717) is 0 Å². The van der Waals surface area contributed by atoms with Crippen molar-refractivity contribution in [1.29, 1.82) is 0 Å². The molecule has 0 aromatic heterocycles. The number of ether oxygens (including phenoxy) is 2. The number of carbonyl (C=O) groups excluding carboxylic acids is 1. The molecule has 0 radical (unpaired) electrons. The van der Waals surface area contributed by atoms with Crippen molar-refractivity contribution in [1.82, 2.24) is 9.80 Å². The fourth-order valence-electron chi connectivity index (χ4n) is 3.80. The highest BCUT2D eigenvalue weighted by Gasteiger charge is 2.44. The van der Waals surface area contributed by atoms with Crippen molar-refractivity contribution in [2.75, 3.05) is 33.3 Å². The normalized spacial score (nSPS) is 24.4. The molecular weight excluding hydrogens is 304 g/mol. The number of benzene rings is 1. The first-order valence-electron chi connectivity index (χ1n) is 8.87. The maximum atomic E-state index is 12.1. The van der Waals surface area contributed by atoms with Gasteiger partial charge in [-0.15, -0.1) is 0 Å². The van der Waals surface area contributed by atoms with Gasteiger partial charge < -0.3 is 14.4 Å². The van der Waals surface area contributed by atoms with Crippen LogP contribution >= 0.6 is 0 Å². The van der Waals surface area contributed by atoms with Crippen LogP contribution in [-0.4, -0.2) is 60.7 Å². The third kappa shape index (κ3) is 3.57. The van der Waals surface area contributed by atoms with E-state index >= 15 is 0 Å². The molecule has 0 N–H and O–H groups in total. The lowest BCUT2D eigenvalue weighted by atomic mass is 9.88. The number of morpholine rings is 1. The summed E-state index contributed by atoms with van der Waals surface area (Å²) in [6, 6.07) is 8.27. The van der Waals surface area contributed by atoms with Crippen LogP contribution in [0.4, 0.5) is 0 Å². The number of rotatable bonds is 4. The third-order valence-electron chi connectivity index (χ3n) is 5.28. The molecule has 0 aliphatic carbocycles. The van der Waals surface area contributed by atoms with Crippen LogP contribution < -0.4 is 4.74 Å². The van der Waals surface area contributed by atoms with Gasteiger partial charge >= 0.3 is 0 Å².